The van der Waals surface area contributed by atoms with Gasteiger partial charge in [0.05, 0.1) is 11.8 Å². The van der Waals surface area contributed by atoms with Crippen LogP contribution in [0, 0.1) is 19.3 Å². The molecule has 0 amide bonds. The van der Waals surface area contributed by atoms with E-state index in [4.69, 9.17) is 5.73 Å². The van der Waals surface area contributed by atoms with Crippen LogP contribution in [0.25, 0.3) is 0 Å². The fourth-order valence-corrected chi connectivity index (χ4v) is 4.35. The zero-order valence-corrected chi connectivity index (χ0v) is 13.1. The fourth-order valence-electron chi connectivity index (χ4n) is 2.51. The van der Waals surface area contributed by atoms with Crippen molar-refractivity contribution in [3.05, 3.63) is 23.3 Å². The molecule has 112 valence electrons. The first kappa shape index (κ1) is 15.3. The van der Waals surface area contributed by atoms with Gasteiger partial charge in [0.25, 0.3) is 0 Å². The summed E-state index contributed by atoms with van der Waals surface area (Å²) in [5.74, 6) is 0. The molecule has 0 heterocycles. The number of nitrogens with two attached hydrogens (primary N) is 1. The van der Waals surface area contributed by atoms with Crippen molar-refractivity contribution < 1.29 is 13.5 Å². The minimum atomic E-state index is -3.68. The number of sulfonamides is 1. The summed E-state index contributed by atoms with van der Waals surface area (Å²) < 4.78 is 27.8. The zero-order chi connectivity index (χ0) is 15.3. The maximum atomic E-state index is 12.6. The van der Waals surface area contributed by atoms with Crippen molar-refractivity contribution in [3.8, 4) is 0 Å². The Morgan fingerprint density at radius 3 is 2.35 bits per heavy atom. The van der Waals surface area contributed by atoms with Gasteiger partial charge in [-0.15, -0.1) is 0 Å². The number of nitrogens with one attached hydrogen (secondary N) is 1. The third kappa shape index (κ3) is 2.32. The average Bonchev–Trinajstić information content (AvgIpc) is 2.33. The topological polar surface area (TPSA) is 92.4 Å². The van der Waals surface area contributed by atoms with E-state index in [0.29, 0.717) is 12.0 Å². The molecule has 1 aromatic carbocycles. The normalized spacial score (nSPS) is 25.2. The second-order valence-corrected chi connectivity index (χ2v) is 7.84. The molecule has 1 aliphatic carbocycles. The second-order valence-electron chi connectivity index (χ2n) is 6.19. The molecule has 1 aliphatic rings. The van der Waals surface area contributed by atoms with E-state index < -0.39 is 21.5 Å². The van der Waals surface area contributed by atoms with Crippen LogP contribution in [0.3, 0.4) is 0 Å². The Hall–Kier alpha value is -1.11. The first-order valence-corrected chi connectivity index (χ1v) is 8.11. The molecule has 1 aromatic rings. The fraction of sp³-hybridized carbons (Fsp3) is 0.571. The summed E-state index contributed by atoms with van der Waals surface area (Å²) in [5.41, 5.74) is 7.12. The predicted octanol–water partition coefficient (Wildman–Crippen LogP) is 1.32. The lowest BCUT2D eigenvalue weighted by atomic mass is 9.65. The van der Waals surface area contributed by atoms with Gasteiger partial charge in [-0.2, -0.15) is 0 Å². The van der Waals surface area contributed by atoms with Gasteiger partial charge in [0.2, 0.25) is 10.0 Å². The molecule has 0 aliphatic heterocycles. The van der Waals surface area contributed by atoms with Crippen molar-refractivity contribution in [1.29, 1.82) is 0 Å². The standard InChI is InChI=1S/C14H22N2O3S/c1-8-5-6-9(2)13(12(8)15)20(18,19)16-10-7-11(17)14(10,3)4/h5-6,10-11,16-17H,7,15H2,1-4H3. The molecule has 20 heavy (non-hydrogen) atoms. The smallest absolute Gasteiger partial charge is 0.243 e. The number of aryl methyl sites for hydroxylation is 2. The highest BCUT2D eigenvalue weighted by molar-refractivity contribution is 7.89. The van der Waals surface area contributed by atoms with Crippen LogP contribution in [0.5, 0.6) is 0 Å². The summed E-state index contributed by atoms with van der Waals surface area (Å²) in [7, 11) is -3.68. The van der Waals surface area contributed by atoms with E-state index in [1.807, 2.05) is 13.8 Å². The number of rotatable bonds is 3. The molecule has 2 unspecified atom stereocenters. The van der Waals surface area contributed by atoms with E-state index in [1.165, 1.54) is 0 Å². The van der Waals surface area contributed by atoms with Gasteiger partial charge >= 0.3 is 0 Å². The van der Waals surface area contributed by atoms with Crippen LogP contribution < -0.4 is 10.5 Å². The molecular formula is C14H22N2O3S. The first-order valence-electron chi connectivity index (χ1n) is 6.63. The monoisotopic (exact) mass is 298 g/mol. The van der Waals surface area contributed by atoms with Gasteiger partial charge < -0.3 is 10.8 Å². The summed E-state index contributed by atoms with van der Waals surface area (Å²) in [6.07, 6.45) is -0.0528. The quantitative estimate of drug-likeness (QED) is 0.734. The molecule has 0 bridgehead atoms. The SMILES string of the molecule is Cc1ccc(C)c(S(=O)(=O)NC2CC(O)C2(C)C)c1N. The molecular weight excluding hydrogens is 276 g/mol. The summed E-state index contributed by atoms with van der Waals surface area (Å²) in [4.78, 5) is 0.148. The number of hydrogen-bond acceptors (Lipinski definition) is 4. The number of aliphatic hydroxyl groups is 1. The van der Waals surface area contributed by atoms with E-state index >= 15 is 0 Å². The lowest BCUT2D eigenvalue weighted by molar-refractivity contribution is -0.0645. The molecule has 4 N–H and O–H groups in total. The van der Waals surface area contributed by atoms with Crippen molar-refractivity contribution in [2.45, 2.75) is 51.2 Å². The van der Waals surface area contributed by atoms with E-state index in [9.17, 15) is 13.5 Å². The third-order valence-electron chi connectivity index (χ3n) is 4.39. The molecule has 2 atom stereocenters. The van der Waals surface area contributed by atoms with Crippen molar-refractivity contribution in [2.24, 2.45) is 5.41 Å². The highest BCUT2D eigenvalue weighted by Crippen LogP contribution is 2.41. The molecule has 0 spiro atoms. The molecule has 6 heteroatoms. The van der Waals surface area contributed by atoms with Crippen LogP contribution in [-0.4, -0.2) is 25.7 Å². The molecule has 0 aromatic heterocycles. The van der Waals surface area contributed by atoms with Crippen LogP contribution >= 0.6 is 0 Å². The first-order chi connectivity index (χ1) is 9.07. The van der Waals surface area contributed by atoms with E-state index in [1.54, 1.807) is 26.0 Å². The second kappa shape index (κ2) is 4.72. The summed E-state index contributed by atoms with van der Waals surface area (Å²) >= 11 is 0. The van der Waals surface area contributed by atoms with Crippen LogP contribution in [0.2, 0.25) is 0 Å². The molecule has 0 radical (unpaired) electrons. The Morgan fingerprint density at radius 1 is 1.30 bits per heavy atom. The van der Waals surface area contributed by atoms with E-state index in [2.05, 4.69) is 4.72 Å². The maximum Gasteiger partial charge on any atom is 0.243 e. The Balaban J connectivity index is 2.36. The van der Waals surface area contributed by atoms with Gasteiger partial charge in [0.1, 0.15) is 4.90 Å². The molecule has 1 fully saturated rings. The molecule has 5 nitrogen and oxygen atoms in total. The minimum Gasteiger partial charge on any atom is -0.397 e. The summed E-state index contributed by atoms with van der Waals surface area (Å²) in [5, 5.41) is 9.71. The number of nitrogen functional groups attached to an aromatic ring is 1. The average molecular weight is 298 g/mol. The highest BCUT2D eigenvalue weighted by Gasteiger charge is 2.49. The molecule has 2 rings (SSSR count). The third-order valence-corrected chi connectivity index (χ3v) is 6.07. The Kier molecular flexibility index (Phi) is 3.60. The van der Waals surface area contributed by atoms with Crippen LogP contribution in [0.4, 0.5) is 5.69 Å². The maximum absolute atomic E-state index is 12.6. The van der Waals surface area contributed by atoms with Crippen LogP contribution in [-0.2, 0) is 10.0 Å². The van der Waals surface area contributed by atoms with Crippen molar-refractivity contribution >= 4 is 15.7 Å². The van der Waals surface area contributed by atoms with Gasteiger partial charge in [-0.05, 0) is 31.4 Å². The van der Waals surface area contributed by atoms with Crippen LogP contribution in [0.1, 0.15) is 31.4 Å². The van der Waals surface area contributed by atoms with Gasteiger partial charge in [-0.25, -0.2) is 13.1 Å². The number of benzene rings is 1. The molecule has 0 saturated heterocycles. The molecule has 1 saturated carbocycles. The minimum absolute atomic E-state index is 0.148. The van der Waals surface area contributed by atoms with Gasteiger partial charge in [0.15, 0.2) is 0 Å². The van der Waals surface area contributed by atoms with Crippen molar-refractivity contribution in [2.75, 3.05) is 5.73 Å². The lowest BCUT2D eigenvalue weighted by Crippen LogP contribution is -2.61. The van der Waals surface area contributed by atoms with Gasteiger partial charge in [-0.1, -0.05) is 26.0 Å². The van der Waals surface area contributed by atoms with E-state index in [-0.39, 0.29) is 16.6 Å². The van der Waals surface area contributed by atoms with Crippen molar-refractivity contribution in [3.63, 3.8) is 0 Å². The van der Waals surface area contributed by atoms with Crippen molar-refractivity contribution in [1.82, 2.24) is 4.72 Å². The lowest BCUT2D eigenvalue weighted by Gasteiger charge is -2.49. The number of hydrogen-bond donors (Lipinski definition) is 3. The van der Waals surface area contributed by atoms with E-state index in [0.717, 1.165) is 5.56 Å². The Morgan fingerprint density at radius 2 is 1.85 bits per heavy atom. The Bertz CT molecular complexity index is 638. The largest absolute Gasteiger partial charge is 0.397 e. The number of anilines is 1. The van der Waals surface area contributed by atoms with Gasteiger partial charge in [-0.3, -0.25) is 0 Å². The highest BCUT2D eigenvalue weighted by atomic mass is 32.2. The summed E-state index contributed by atoms with van der Waals surface area (Å²) in [6.45, 7) is 7.21. The predicted molar refractivity (Wildman–Crippen MR) is 78.8 cm³/mol. The zero-order valence-electron chi connectivity index (χ0n) is 12.3. The van der Waals surface area contributed by atoms with Gasteiger partial charge in [0, 0.05) is 11.5 Å². The summed E-state index contributed by atoms with van der Waals surface area (Å²) in [6, 6.07) is 3.28. The van der Waals surface area contributed by atoms with Crippen LogP contribution in [0.15, 0.2) is 17.0 Å². The number of aliphatic hydroxyl groups excluding tert-OH is 1. The Labute approximate surface area is 120 Å².